The molecule has 2 atom stereocenters. The van der Waals surface area contributed by atoms with Gasteiger partial charge < -0.3 is 20.1 Å². The average molecular weight is 469 g/mol. The third-order valence-corrected chi connectivity index (χ3v) is 5.96. The van der Waals surface area contributed by atoms with Crippen LogP contribution in [0.5, 0.6) is 5.75 Å². The molecule has 3 heterocycles. The Kier molecular flexibility index (Phi) is 6.44. The first-order chi connectivity index (χ1) is 16.3. The molecule has 2 aromatic rings. The Balaban J connectivity index is 1.55. The number of piperidine rings is 1. The van der Waals surface area contributed by atoms with Crippen molar-refractivity contribution < 1.29 is 28.6 Å². The summed E-state index contributed by atoms with van der Waals surface area (Å²) in [5, 5.41) is 17.1. The molecule has 34 heavy (non-hydrogen) atoms. The lowest BCUT2D eigenvalue weighted by Gasteiger charge is -2.40. The molecule has 1 aromatic carbocycles. The second-order valence-corrected chi connectivity index (χ2v) is 8.28. The molecule has 0 aliphatic carbocycles. The quantitative estimate of drug-likeness (QED) is 0.634. The summed E-state index contributed by atoms with van der Waals surface area (Å²) in [5.41, 5.74) is 0.610. The van der Waals surface area contributed by atoms with Crippen LogP contribution in [0.25, 0.3) is 0 Å². The average Bonchev–Trinajstić information content (AvgIpc) is 3.06. The molecule has 10 nitrogen and oxygen atoms in total. The summed E-state index contributed by atoms with van der Waals surface area (Å²) in [6.45, 7) is -0.0378. The van der Waals surface area contributed by atoms with E-state index in [2.05, 4.69) is 15.4 Å². The van der Waals surface area contributed by atoms with Crippen molar-refractivity contribution in [3.8, 4) is 5.75 Å². The molecule has 11 heteroatoms. The van der Waals surface area contributed by atoms with E-state index in [4.69, 9.17) is 4.74 Å². The van der Waals surface area contributed by atoms with E-state index in [1.807, 2.05) is 30.3 Å². The first-order valence-corrected chi connectivity index (χ1v) is 10.7. The highest BCUT2D eigenvalue weighted by molar-refractivity contribution is 6.13. The van der Waals surface area contributed by atoms with Crippen LogP contribution in [0, 0.1) is 11.2 Å². The first kappa shape index (κ1) is 23.1. The Morgan fingerprint density at radius 2 is 2.06 bits per heavy atom. The van der Waals surface area contributed by atoms with Gasteiger partial charge >= 0.3 is 6.09 Å². The molecule has 0 bridgehead atoms. The summed E-state index contributed by atoms with van der Waals surface area (Å²) in [6, 6.07) is 9.28. The lowest BCUT2D eigenvalue weighted by atomic mass is 9.73. The van der Waals surface area contributed by atoms with Gasteiger partial charge in [-0.25, -0.2) is 14.2 Å². The Morgan fingerprint density at radius 1 is 1.29 bits per heavy atom. The summed E-state index contributed by atoms with van der Waals surface area (Å²) in [7, 11) is 1.59. The van der Waals surface area contributed by atoms with Gasteiger partial charge in [-0.15, -0.1) is 0 Å². The van der Waals surface area contributed by atoms with Gasteiger partial charge in [0.2, 0.25) is 5.91 Å². The largest absolute Gasteiger partial charge is 0.489 e. The molecule has 2 unspecified atom stereocenters. The van der Waals surface area contributed by atoms with Crippen LogP contribution in [-0.2, 0) is 16.0 Å². The van der Waals surface area contributed by atoms with Crippen LogP contribution in [0.1, 0.15) is 12.0 Å². The number of aromatic nitrogens is 1. The second kappa shape index (κ2) is 9.46. The Labute approximate surface area is 195 Å². The molecule has 178 valence electrons. The highest BCUT2D eigenvalue weighted by Crippen LogP contribution is 2.38. The zero-order valence-electron chi connectivity index (χ0n) is 18.5. The molecule has 2 aliphatic heterocycles. The summed E-state index contributed by atoms with van der Waals surface area (Å²) >= 11 is 0. The fraction of sp³-hybridized carbons (Fsp3) is 0.348. The molecule has 0 radical (unpaired) electrons. The van der Waals surface area contributed by atoms with Gasteiger partial charge in [0.25, 0.3) is 5.91 Å². The lowest BCUT2D eigenvalue weighted by Crippen LogP contribution is -2.59. The molecule has 4 rings (SSSR count). The van der Waals surface area contributed by atoms with E-state index in [1.54, 1.807) is 7.05 Å². The lowest BCUT2D eigenvalue weighted by molar-refractivity contribution is -0.141. The van der Waals surface area contributed by atoms with E-state index in [0.29, 0.717) is 18.6 Å². The van der Waals surface area contributed by atoms with Crippen LogP contribution in [-0.4, -0.2) is 76.4 Å². The number of likely N-dealkylation sites (tertiary alicyclic amines) is 1. The van der Waals surface area contributed by atoms with Gasteiger partial charge in [-0.2, -0.15) is 5.10 Å². The fourth-order valence-corrected chi connectivity index (χ4v) is 4.41. The molecule has 0 saturated carbocycles. The standard InChI is InChI=1S/C23H24FN5O5/c1-28-21(31)23(10-15-5-3-2-4-6-15)14-29(8-7-19(23)27-28)20(30)18(26-22(32)33)13-34-17-9-16(24)11-25-12-17/h2-6,9,11-12,18,26H,7-8,10,13-14H2,1H3,(H,32,33). The van der Waals surface area contributed by atoms with Crippen molar-refractivity contribution in [3.63, 3.8) is 0 Å². The van der Waals surface area contributed by atoms with Gasteiger partial charge in [0.15, 0.2) is 0 Å². The fourth-order valence-electron chi connectivity index (χ4n) is 4.41. The number of hydrazone groups is 1. The summed E-state index contributed by atoms with van der Waals surface area (Å²) in [6.07, 6.45) is 1.59. The molecule has 1 fully saturated rings. The molecule has 2 N–H and O–H groups in total. The smallest absolute Gasteiger partial charge is 0.405 e. The Bertz CT molecular complexity index is 1130. The third-order valence-electron chi connectivity index (χ3n) is 5.96. The van der Waals surface area contributed by atoms with Gasteiger partial charge in [0.05, 0.1) is 18.1 Å². The topological polar surface area (TPSA) is 124 Å². The van der Waals surface area contributed by atoms with Crippen molar-refractivity contribution >= 4 is 23.6 Å². The molecule has 1 saturated heterocycles. The number of halogens is 1. The highest BCUT2D eigenvalue weighted by atomic mass is 19.1. The van der Waals surface area contributed by atoms with E-state index >= 15 is 0 Å². The summed E-state index contributed by atoms with van der Waals surface area (Å²) < 4.78 is 18.8. The Hall–Kier alpha value is -4.02. The van der Waals surface area contributed by atoms with Crippen LogP contribution in [0.4, 0.5) is 9.18 Å². The first-order valence-electron chi connectivity index (χ1n) is 10.7. The number of ether oxygens (including phenoxy) is 1. The number of pyridine rings is 1. The van der Waals surface area contributed by atoms with Crippen molar-refractivity contribution in [2.24, 2.45) is 10.5 Å². The van der Waals surface area contributed by atoms with Gasteiger partial charge in [0, 0.05) is 32.6 Å². The normalized spacial score (nSPS) is 20.4. The molecule has 3 amide bonds. The summed E-state index contributed by atoms with van der Waals surface area (Å²) in [5.74, 6) is -1.32. The van der Waals surface area contributed by atoms with E-state index < -0.39 is 29.3 Å². The maximum atomic E-state index is 13.4. The number of hydrogen-bond acceptors (Lipinski definition) is 6. The molecule has 0 spiro atoms. The maximum Gasteiger partial charge on any atom is 0.405 e. The zero-order chi connectivity index (χ0) is 24.3. The number of rotatable bonds is 7. The molecular formula is C23H24FN5O5. The van der Waals surface area contributed by atoms with E-state index in [-0.39, 0.29) is 31.4 Å². The van der Waals surface area contributed by atoms with E-state index in [1.165, 1.54) is 16.1 Å². The van der Waals surface area contributed by atoms with Gasteiger partial charge in [-0.1, -0.05) is 30.3 Å². The van der Waals surface area contributed by atoms with Gasteiger partial charge in [-0.3, -0.25) is 14.6 Å². The van der Waals surface area contributed by atoms with Crippen LogP contribution in [0.2, 0.25) is 0 Å². The number of amides is 3. The SMILES string of the molecule is CN1N=C2CCN(C(=O)C(COc3cncc(F)c3)NC(=O)O)CC2(Cc2ccccc2)C1=O. The number of hydrogen-bond donors (Lipinski definition) is 2. The van der Waals surface area contributed by atoms with Crippen molar-refractivity contribution in [2.45, 2.75) is 18.9 Å². The monoisotopic (exact) mass is 469 g/mol. The van der Waals surface area contributed by atoms with Crippen LogP contribution >= 0.6 is 0 Å². The number of fused-ring (bicyclic) bond motifs is 1. The van der Waals surface area contributed by atoms with Crippen molar-refractivity contribution in [1.82, 2.24) is 20.2 Å². The second-order valence-electron chi connectivity index (χ2n) is 8.28. The highest BCUT2D eigenvalue weighted by Gasteiger charge is 2.53. The molecule has 1 aromatic heterocycles. The van der Waals surface area contributed by atoms with Crippen molar-refractivity contribution in [1.29, 1.82) is 0 Å². The number of benzene rings is 1. The van der Waals surface area contributed by atoms with Crippen LogP contribution < -0.4 is 10.1 Å². The van der Waals surface area contributed by atoms with Crippen LogP contribution in [0.15, 0.2) is 53.9 Å². The predicted molar refractivity (Wildman–Crippen MR) is 119 cm³/mol. The predicted octanol–water partition coefficient (Wildman–Crippen LogP) is 1.53. The number of carbonyl (C=O) groups is 3. The maximum absolute atomic E-state index is 13.4. The number of carbonyl (C=O) groups excluding carboxylic acids is 2. The summed E-state index contributed by atoms with van der Waals surface area (Å²) in [4.78, 5) is 43.1. The molecular weight excluding hydrogens is 445 g/mol. The van der Waals surface area contributed by atoms with E-state index in [0.717, 1.165) is 17.8 Å². The Morgan fingerprint density at radius 3 is 2.76 bits per heavy atom. The van der Waals surface area contributed by atoms with Crippen LogP contribution in [0.3, 0.4) is 0 Å². The van der Waals surface area contributed by atoms with Gasteiger partial charge in [0.1, 0.15) is 29.6 Å². The number of carboxylic acid groups (broad SMARTS) is 1. The minimum atomic E-state index is -1.41. The number of nitrogens with one attached hydrogen (secondary N) is 1. The molecule has 2 aliphatic rings. The third kappa shape index (κ3) is 4.68. The minimum Gasteiger partial charge on any atom is -0.489 e. The van der Waals surface area contributed by atoms with Crippen molar-refractivity contribution in [3.05, 3.63) is 60.2 Å². The minimum absolute atomic E-state index is 0.0576. The van der Waals surface area contributed by atoms with E-state index in [9.17, 15) is 23.9 Å². The zero-order valence-corrected chi connectivity index (χ0v) is 18.5. The number of nitrogens with zero attached hydrogens (tertiary/aromatic N) is 4. The van der Waals surface area contributed by atoms with Gasteiger partial charge in [-0.05, 0) is 12.0 Å². The van der Waals surface area contributed by atoms with Crippen molar-refractivity contribution in [2.75, 3.05) is 26.7 Å².